The van der Waals surface area contributed by atoms with Crippen molar-refractivity contribution in [2.45, 2.75) is 58.5 Å². The number of aromatic nitrogens is 2. The van der Waals surface area contributed by atoms with Gasteiger partial charge < -0.3 is 15.5 Å². The average molecular weight is 347 g/mol. The molecule has 2 atom stereocenters. The minimum atomic E-state index is -0.120. The van der Waals surface area contributed by atoms with E-state index in [1.54, 1.807) is 0 Å². The molecule has 2 aliphatic rings. The molecule has 0 bridgehead atoms. The fourth-order valence-electron chi connectivity index (χ4n) is 3.67. The predicted molar refractivity (Wildman–Crippen MR) is 95.1 cm³/mol. The molecule has 7 nitrogen and oxygen atoms in total. The van der Waals surface area contributed by atoms with Crippen LogP contribution >= 0.6 is 0 Å². The maximum absolute atomic E-state index is 13.1. The van der Waals surface area contributed by atoms with Crippen molar-refractivity contribution in [2.24, 2.45) is 5.92 Å². The monoisotopic (exact) mass is 347 g/mol. The van der Waals surface area contributed by atoms with Gasteiger partial charge >= 0.3 is 0 Å². The Kier molecular flexibility index (Phi) is 5.73. The Balaban J connectivity index is 1.68. The van der Waals surface area contributed by atoms with Gasteiger partial charge in [0.15, 0.2) is 5.69 Å². The highest BCUT2D eigenvalue weighted by atomic mass is 16.2. The SMILES string of the molecule is CCCCNC(=O)C1CCC(C)N(C(=O)c2n[nH]c3c2CNCC3)C1. The third kappa shape index (κ3) is 3.86. The van der Waals surface area contributed by atoms with Crippen molar-refractivity contribution in [1.82, 2.24) is 25.7 Å². The van der Waals surface area contributed by atoms with Gasteiger partial charge in [0.05, 0.1) is 5.92 Å². The summed E-state index contributed by atoms with van der Waals surface area (Å²) in [6.07, 6.45) is 4.61. The lowest BCUT2D eigenvalue weighted by Gasteiger charge is -2.37. The lowest BCUT2D eigenvalue weighted by atomic mass is 9.92. The van der Waals surface area contributed by atoms with E-state index < -0.39 is 0 Å². The lowest BCUT2D eigenvalue weighted by molar-refractivity contribution is -0.126. The van der Waals surface area contributed by atoms with E-state index in [0.717, 1.165) is 49.9 Å². The highest BCUT2D eigenvalue weighted by Gasteiger charge is 2.35. The fourth-order valence-corrected chi connectivity index (χ4v) is 3.67. The van der Waals surface area contributed by atoms with E-state index in [-0.39, 0.29) is 23.8 Å². The number of piperidine rings is 1. The van der Waals surface area contributed by atoms with Gasteiger partial charge in [-0.2, -0.15) is 5.10 Å². The number of H-pyrrole nitrogens is 1. The van der Waals surface area contributed by atoms with E-state index in [1.807, 2.05) is 4.90 Å². The molecule has 0 aromatic carbocycles. The van der Waals surface area contributed by atoms with E-state index in [1.165, 1.54) is 0 Å². The molecule has 2 unspecified atom stereocenters. The number of carbonyl (C=O) groups is 2. The number of aromatic amines is 1. The molecule has 3 heterocycles. The van der Waals surface area contributed by atoms with Gasteiger partial charge in [-0.15, -0.1) is 0 Å². The topological polar surface area (TPSA) is 90.1 Å². The molecule has 7 heteroatoms. The molecule has 0 saturated carbocycles. The van der Waals surface area contributed by atoms with Crippen LogP contribution in [0.4, 0.5) is 0 Å². The standard InChI is InChI=1S/C18H29N5O2/c1-3-4-8-20-17(24)13-6-5-12(2)23(11-13)18(25)16-14-10-19-9-7-15(14)21-22-16/h12-13,19H,3-11H2,1-2H3,(H,20,24)(H,21,22). The molecule has 1 fully saturated rings. The molecule has 1 aromatic rings. The Labute approximate surface area is 148 Å². The van der Waals surface area contributed by atoms with Gasteiger partial charge in [-0.25, -0.2) is 0 Å². The second-order valence-corrected chi connectivity index (χ2v) is 7.18. The van der Waals surface area contributed by atoms with Crippen LogP contribution in [0.1, 0.15) is 61.3 Å². The molecule has 3 rings (SSSR count). The van der Waals surface area contributed by atoms with E-state index in [9.17, 15) is 9.59 Å². The third-order valence-electron chi connectivity index (χ3n) is 5.35. The van der Waals surface area contributed by atoms with Crippen molar-refractivity contribution in [3.8, 4) is 0 Å². The number of amides is 2. The Morgan fingerprint density at radius 3 is 3.00 bits per heavy atom. The number of unbranched alkanes of at least 4 members (excludes halogenated alkanes) is 1. The van der Waals surface area contributed by atoms with Crippen molar-refractivity contribution < 1.29 is 9.59 Å². The van der Waals surface area contributed by atoms with Crippen molar-refractivity contribution >= 4 is 11.8 Å². The van der Waals surface area contributed by atoms with Crippen LogP contribution in [-0.4, -0.2) is 52.6 Å². The number of hydrogen-bond donors (Lipinski definition) is 3. The molecule has 0 radical (unpaired) electrons. The third-order valence-corrected chi connectivity index (χ3v) is 5.35. The van der Waals surface area contributed by atoms with Crippen molar-refractivity contribution in [2.75, 3.05) is 19.6 Å². The lowest BCUT2D eigenvalue weighted by Crippen LogP contribution is -2.49. The van der Waals surface area contributed by atoms with Crippen molar-refractivity contribution in [1.29, 1.82) is 0 Å². The van der Waals surface area contributed by atoms with Crippen LogP contribution in [0.15, 0.2) is 0 Å². The number of nitrogens with zero attached hydrogens (tertiary/aromatic N) is 2. The highest BCUT2D eigenvalue weighted by Crippen LogP contribution is 2.25. The number of nitrogens with one attached hydrogen (secondary N) is 3. The van der Waals surface area contributed by atoms with Crippen molar-refractivity contribution in [3.05, 3.63) is 17.0 Å². The Morgan fingerprint density at radius 1 is 1.36 bits per heavy atom. The zero-order valence-corrected chi connectivity index (χ0v) is 15.2. The highest BCUT2D eigenvalue weighted by molar-refractivity contribution is 5.94. The van der Waals surface area contributed by atoms with Crippen LogP contribution in [-0.2, 0) is 17.8 Å². The molecule has 25 heavy (non-hydrogen) atoms. The second-order valence-electron chi connectivity index (χ2n) is 7.18. The second kappa shape index (κ2) is 7.99. The first kappa shape index (κ1) is 17.9. The maximum atomic E-state index is 13.1. The molecule has 0 aliphatic carbocycles. The van der Waals surface area contributed by atoms with Crippen LogP contribution in [0.3, 0.4) is 0 Å². The first-order valence-corrected chi connectivity index (χ1v) is 9.47. The van der Waals surface area contributed by atoms with Crippen LogP contribution in [0.5, 0.6) is 0 Å². The van der Waals surface area contributed by atoms with Crippen LogP contribution in [0, 0.1) is 5.92 Å². The Bertz CT molecular complexity index is 627. The summed E-state index contributed by atoms with van der Waals surface area (Å²) in [5.41, 5.74) is 2.56. The van der Waals surface area contributed by atoms with Gasteiger partial charge in [0.1, 0.15) is 0 Å². The van der Waals surface area contributed by atoms with Gasteiger partial charge in [-0.05, 0) is 26.2 Å². The van der Waals surface area contributed by atoms with Gasteiger partial charge in [0.25, 0.3) is 5.91 Å². The van der Waals surface area contributed by atoms with Gasteiger partial charge in [0, 0.05) is 49.9 Å². The Morgan fingerprint density at radius 2 is 2.20 bits per heavy atom. The number of rotatable bonds is 5. The zero-order chi connectivity index (χ0) is 17.8. The van der Waals surface area contributed by atoms with E-state index >= 15 is 0 Å². The number of fused-ring (bicyclic) bond motifs is 1. The molecule has 3 N–H and O–H groups in total. The smallest absolute Gasteiger partial charge is 0.274 e. The fraction of sp³-hybridized carbons (Fsp3) is 0.722. The minimum absolute atomic E-state index is 0.0558. The van der Waals surface area contributed by atoms with Gasteiger partial charge in [-0.3, -0.25) is 14.7 Å². The average Bonchev–Trinajstić information content (AvgIpc) is 3.05. The largest absolute Gasteiger partial charge is 0.356 e. The molecular weight excluding hydrogens is 318 g/mol. The number of likely N-dealkylation sites (tertiary alicyclic amines) is 1. The number of hydrogen-bond acceptors (Lipinski definition) is 4. The summed E-state index contributed by atoms with van der Waals surface area (Å²) in [6, 6.07) is 0.135. The molecule has 138 valence electrons. The van der Waals surface area contributed by atoms with Gasteiger partial charge in [-0.1, -0.05) is 13.3 Å². The summed E-state index contributed by atoms with van der Waals surface area (Å²) in [5.74, 6) is -0.103. The summed E-state index contributed by atoms with van der Waals surface area (Å²) in [4.78, 5) is 27.3. The summed E-state index contributed by atoms with van der Waals surface area (Å²) in [7, 11) is 0. The Hall–Kier alpha value is -1.89. The first-order valence-electron chi connectivity index (χ1n) is 9.47. The maximum Gasteiger partial charge on any atom is 0.274 e. The predicted octanol–water partition coefficient (Wildman–Crippen LogP) is 1.21. The van der Waals surface area contributed by atoms with E-state index in [2.05, 4.69) is 34.7 Å². The summed E-state index contributed by atoms with van der Waals surface area (Å²) in [5, 5.41) is 13.6. The van der Waals surface area contributed by atoms with Crippen LogP contribution in [0.25, 0.3) is 0 Å². The molecule has 1 saturated heterocycles. The number of carbonyl (C=O) groups excluding carboxylic acids is 2. The van der Waals surface area contributed by atoms with Crippen LogP contribution < -0.4 is 10.6 Å². The molecular formula is C18H29N5O2. The zero-order valence-electron chi connectivity index (χ0n) is 15.2. The summed E-state index contributed by atoms with van der Waals surface area (Å²) >= 11 is 0. The first-order chi connectivity index (χ1) is 12.1. The van der Waals surface area contributed by atoms with Gasteiger partial charge in [0.2, 0.25) is 5.91 Å². The quantitative estimate of drug-likeness (QED) is 0.699. The van der Waals surface area contributed by atoms with Crippen LogP contribution in [0.2, 0.25) is 0 Å². The summed E-state index contributed by atoms with van der Waals surface area (Å²) < 4.78 is 0. The minimum Gasteiger partial charge on any atom is -0.356 e. The van der Waals surface area contributed by atoms with E-state index in [0.29, 0.717) is 25.3 Å². The summed E-state index contributed by atoms with van der Waals surface area (Å²) in [6.45, 7) is 6.94. The molecule has 1 aromatic heterocycles. The molecule has 2 aliphatic heterocycles. The van der Waals surface area contributed by atoms with Crippen molar-refractivity contribution in [3.63, 3.8) is 0 Å². The molecule has 2 amide bonds. The normalized spacial score (nSPS) is 23.2. The van der Waals surface area contributed by atoms with E-state index in [4.69, 9.17) is 0 Å². The molecule has 0 spiro atoms.